The summed E-state index contributed by atoms with van der Waals surface area (Å²) in [5.74, 6) is 0. The monoisotopic (exact) mass is 225 g/mol. The zero-order valence-corrected chi connectivity index (χ0v) is 9.27. The molecule has 6 heteroatoms. The van der Waals surface area contributed by atoms with Crippen LogP contribution in [-0.2, 0) is 0 Å². The molecule has 0 spiro atoms. The molecule has 0 aromatic rings. The van der Waals surface area contributed by atoms with Gasteiger partial charge in [-0.05, 0) is 19.3 Å². The third-order valence-electron chi connectivity index (χ3n) is 1.75. The number of urea groups is 1. The molecule has 5 N–H and O–H groups in total. The number of carbonyl (C=O) groups excluding carboxylic acids is 1. The van der Waals surface area contributed by atoms with Crippen molar-refractivity contribution < 1.29 is 9.90 Å². The van der Waals surface area contributed by atoms with Gasteiger partial charge in [0.05, 0.1) is 6.10 Å². The first-order valence-electron chi connectivity index (χ1n) is 4.54. The van der Waals surface area contributed by atoms with E-state index < -0.39 is 6.10 Å². The molecule has 0 aromatic carbocycles. The summed E-state index contributed by atoms with van der Waals surface area (Å²) in [5, 5.41) is 14.2. The highest BCUT2D eigenvalue weighted by atomic mass is 35.5. The maximum Gasteiger partial charge on any atom is 0.314 e. The van der Waals surface area contributed by atoms with Crippen LogP contribution in [-0.4, -0.2) is 37.4 Å². The second-order valence-corrected chi connectivity index (χ2v) is 2.89. The highest BCUT2D eigenvalue weighted by molar-refractivity contribution is 5.85. The van der Waals surface area contributed by atoms with Crippen molar-refractivity contribution in [1.82, 2.24) is 10.6 Å². The number of aliphatic hydroxyl groups is 1. The van der Waals surface area contributed by atoms with Gasteiger partial charge in [-0.15, -0.1) is 12.4 Å². The van der Waals surface area contributed by atoms with E-state index >= 15 is 0 Å². The molecule has 1 unspecified atom stereocenters. The Morgan fingerprint density at radius 1 is 1.50 bits per heavy atom. The summed E-state index contributed by atoms with van der Waals surface area (Å²) in [6.07, 6.45) is 2.04. The van der Waals surface area contributed by atoms with Gasteiger partial charge in [0.2, 0.25) is 0 Å². The number of rotatable bonds is 6. The number of halogens is 1. The van der Waals surface area contributed by atoms with E-state index in [9.17, 15) is 4.79 Å². The number of amides is 2. The van der Waals surface area contributed by atoms with Crippen molar-refractivity contribution in [3.63, 3.8) is 0 Å². The van der Waals surface area contributed by atoms with Gasteiger partial charge in [0.25, 0.3) is 0 Å². The molecule has 0 saturated heterocycles. The lowest BCUT2D eigenvalue weighted by atomic mass is 10.1. The van der Waals surface area contributed by atoms with Crippen molar-refractivity contribution in [2.24, 2.45) is 5.73 Å². The van der Waals surface area contributed by atoms with Gasteiger partial charge in [-0.3, -0.25) is 0 Å². The fourth-order valence-corrected chi connectivity index (χ4v) is 0.913. The number of hydrogen-bond donors (Lipinski definition) is 4. The quantitative estimate of drug-likeness (QED) is 0.474. The molecular formula is C8H20ClN3O2. The maximum absolute atomic E-state index is 10.7. The van der Waals surface area contributed by atoms with Crippen LogP contribution in [0.3, 0.4) is 0 Å². The summed E-state index contributed by atoms with van der Waals surface area (Å²) >= 11 is 0. The van der Waals surface area contributed by atoms with Gasteiger partial charge in [0.15, 0.2) is 0 Å². The Bertz CT molecular complexity index is 147. The van der Waals surface area contributed by atoms with E-state index in [0.29, 0.717) is 19.5 Å². The fraction of sp³-hybridized carbons (Fsp3) is 0.875. The lowest BCUT2D eigenvalue weighted by molar-refractivity contribution is 0.169. The van der Waals surface area contributed by atoms with Crippen molar-refractivity contribution in [2.45, 2.75) is 25.4 Å². The SMILES string of the molecule is CNC(=O)NCCCCC(O)CN.Cl. The summed E-state index contributed by atoms with van der Waals surface area (Å²) < 4.78 is 0. The van der Waals surface area contributed by atoms with Crippen molar-refractivity contribution in [3.05, 3.63) is 0 Å². The minimum atomic E-state index is -0.403. The van der Waals surface area contributed by atoms with Crippen LogP contribution in [0.5, 0.6) is 0 Å². The number of carbonyl (C=O) groups is 1. The van der Waals surface area contributed by atoms with E-state index in [1.165, 1.54) is 0 Å². The molecule has 0 heterocycles. The normalized spacial score (nSPS) is 11.4. The lowest BCUT2D eigenvalue weighted by Gasteiger charge is -2.07. The first-order valence-corrected chi connectivity index (χ1v) is 4.54. The summed E-state index contributed by atoms with van der Waals surface area (Å²) in [6.45, 7) is 0.944. The van der Waals surface area contributed by atoms with Crippen LogP contribution in [0.4, 0.5) is 4.79 Å². The summed E-state index contributed by atoms with van der Waals surface area (Å²) in [4.78, 5) is 10.7. The molecule has 0 aliphatic heterocycles. The molecular weight excluding hydrogens is 206 g/mol. The van der Waals surface area contributed by atoms with E-state index in [2.05, 4.69) is 10.6 Å². The maximum atomic E-state index is 10.7. The topological polar surface area (TPSA) is 87.4 Å². The summed E-state index contributed by atoms with van der Waals surface area (Å²) in [7, 11) is 1.58. The Labute approximate surface area is 90.8 Å². The molecule has 0 fully saturated rings. The molecule has 2 amide bonds. The molecule has 14 heavy (non-hydrogen) atoms. The molecule has 1 atom stereocenters. The Morgan fingerprint density at radius 3 is 2.64 bits per heavy atom. The zero-order chi connectivity index (χ0) is 10.1. The van der Waals surface area contributed by atoms with E-state index in [4.69, 9.17) is 10.8 Å². The van der Waals surface area contributed by atoms with Crippen LogP contribution < -0.4 is 16.4 Å². The Balaban J connectivity index is 0. The van der Waals surface area contributed by atoms with Crippen LogP contribution >= 0.6 is 12.4 Å². The molecule has 86 valence electrons. The second kappa shape index (κ2) is 10.6. The molecule has 0 bridgehead atoms. The molecule has 0 rings (SSSR count). The van der Waals surface area contributed by atoms with Crippen LogP contribution in [0.2, 0.25) is 0 Å². The number of unbranched alkanes of at least 4 members (excludes halogenated alkanes) is 1. The molecule has 0 aromatic heterocycles. The number of aliphatic hydroxyl groups excluding tert-OH is 1. The van der Waals surface area contributed by atoms with Gasteiger partial charge in [-0.2, -0.15) is 0 Å². The van der Waals surface area contributed by atoms with Crippen LogP contribution in [0.1, 0.15) is 19.3 Å². The Morgan fingerprint density at radius 2 is 2.14 bits per heavy atom. The Hall–Kier alpha value is -0.520. The minimum absolute atomic E-state index is 0. The van der Waals surface area contributed by atoms with Crippen LogP contribution in [0.25, 0.3) is 0 Å². The fourth-order valence-electron chi connectivity index (χ4n) is 0.913. The molecule has 0 saturated carbocycles. The van der Waals surface area contributed by atoms with Crippen molar-refractivity contribution in [2.75, 3.05) is 20.1 Å². The van der Waals surface area contributed by atoms with E-state index in [1.807, 2.05) is 0 Å². The number of nitrogens with two attached hydrogens (primary N) is 1. The van der Waals surface area contributed by atoms with Gasteiger partial charge < -0.3 is 21.5 Å². The molecule has 0 aliphatic carbocycles. The van der Waals surface area contributed by atoms with Crippen LogP contribution in [0.15, 0.2) is 0 Å². The van der Waals surface area contributed by atoms with Crippen molar-refractivity contribution in [3.8, 4) is 0 Å². The highest BCUT2D eigenvalue weighted by Crippen LogP contribution is 1.98. The van der Waals surface area contributed by atoms with E-state index in [0.717, 1.165) is 12.8 Å². The third-order valence-corrected chi connectivity index (χ3v) is 1.75. The first-order chi connectivity index (χ1) is 6.20. The largest absolute Gasteiger partial charge is 0.392 e. The van der Waals surface area contributed by atoms with Crippen molar-refractivity contribution >= 4 is 18.4 Å². The van der Waals surface area contributed by atoms with Gasteiger partial charge >= 0.3 is 6.03 Å². The lowest BCUT2D eigenvalue weighted by Crippen LogP contribution is -2.33. The Kier molecular flexibility index (Phi) is 12.0. The number of nitrogens with one attached hydrogen (secondary N) is 2. The predicted molar refractivity (Wildman–Crippen MR) is 58.6 cm³/mol. The van der Waals surface area contributed by atoms with Gasteiger partial charge in [0, 0.05) is 20.1 Å². The predicted octanol–water partition coefficient (Wildman–Crippen LogP) is -0.173. The molecule has 0 aliphatic rings. The van der Waals surface area contributed by atoms with Crippen LogP contribution in [0, 0.1) is 0 Å². The molecule has 5 nitrogen and oxygen atoms in total. The minimum Gasteiger partial charge on any atom is -0.392 e. The average Bonchev–Trinajstić information content (AvgIpc) is 2.16. The van der Waals surface area contributed by atoms with E-state index in [-0.39, 0.29) is 18.4 Å². The zero-order valence-electron chi connectivity index (χ0n) is 8.45. The average molecular weight is 226 g/mol. The van der Waals surface area contributed by atoms with Gasteiger partial charge in [-0.25, -0.2) is 4.79 Å². The van der Waals surface area contributed by atoms with Gasteiger partial charge in [0.1, 0.15) is 0 Å². The summed E-state index contributed by atoms with van der Waals surface area (Å²) in [6, 6.07) is -0.167. The van der Waals surface area contributed by atoms with E-state index in [1.54, 1.807) is 7.05 Å². The first kappa shape index (κ1) is 15.9. The number of hydrogen-bond acceptors (Lipinski definition) is 3. The smallest absolute Gasteiger partial charge is 0.314 e. The third kappa shape index (κ3) is 9.57. The molecule has 0 radical (unpaired) electrons. The standard InChI is InChI=1S/C8H19N3O2.ClH/c1-10-8(13)11-5-3-2-4-7(12)6-9;/h7,12H,2-6,9H2,1H3,(H2,10,11,13);1H. The van der Waals surface area contributed by atoms with Gasteiger partial charge in [-0.1, -0.05) is 0 Å². The summed E-state index contributed by atoms with van der Waals surface area (Å²) in [5.41, 5.74) is 5.23. The second-order valence-electron chi connectivity index (χ2n) is 2.89. The van der Waals surface area contributed by atoms with Crippen molar-refractivity contribution in [1.29, 1.82) is 0 Å². The highest BCUT2D eigenvalue weighted by Gasteiger charge is 2.00.